The lowest BCUT2D eigenvalue weighted by molar-refractivity contribution is 0.303. The Morgan fingerprint density at radius 3 is 2.62 bits per heavy atom. The van der Waals surface area contributed by atoms with Gasteiger partial charge in [-0.1, -0.05) is 30.3 Å². The molecule has 1 fully saturated rings. The summed E-state index contributed by atoms with van der Waals surface area (Å²) in [6, 6.07) is 14.9. The maximum atomic E-state index is 6.47. The van der Waals surface area contributed by atoms with Crippen molar-refractivity contribution >= 4 is 0 Å². The summed E-state index contributed by atoms with van der Waals surface area (Å²) in [7, 11) is 0. The molecule has 2 N–H and O–H groups in total. The molecule has 2 heteroatoms. The van der Waals surface area contributed by atoms with Crippen LogP contribution in [0.3, 0.4) is 0 Å². The van der Waals surface area contributed by atoms with Gasteiger partial charge in [-0.05, 0) is 66.5 Å². The average Bonchev–Trinajstić information content (AvgIpc) is 3.20. The van der Waals surface area contributed by atoms with Crippen molar-refractivity contribution in [2.75, 3.05) is 0 Å². The SMILES string of the molecule is NC(c1cccc(OC2CC2)c1)c1ccc2c(c1)CCC2. The zero-order chi connectivity index (χ0) is 14.2. The van der Waals surface area contributed by atoms with Crippen LogP contribution in [-0.2, 0) is 12.8 Å². The van der Waals surface area contributed by atoms with Crippen LogP contribution in [0.1, 0.15) is 47.6 Å². The van der Waals surface area contributed by atoms with Crippen LogP contribution in [0, 0.1) is 0 Å². The van der Waals surface area contributed by atoms with Gasteiger partial charge in [-0.3, -0.25) is 0 Å². The Balaban J connectivity index is 1.59. The first-order chi connectivity index (χ1) is 10.3. The third-order valence-corrected chi connectivity index (χ3v) is 4.53. The van der Waals surface area contributed by atoms with E-state index in [0.717, 1.165) is 11.3 Å². The summed E-state index contributed by atoms with van der Waals surface area (Å²) in [5.41, 5.74) is 11.8. The molecular formula is C19H21NO. The van der Waals surface area contributed by atoms with Gasteiger partial charge in [0.15, 0.2) is 0 Å². The number of rotatable bonds is 4. The van der Waals surface area contributed by atoms with Crippen molar-refractivity contribution in [3.63, 3.8) is 0 Å². The van der Waals surface area contributed by atoms with E-state index in [-0.39, 0.29) is 6.04 Å². The van der Waals surface area contributed by atoms with E-state index in [1.807, 2.05) is 12.1 Å². The van der Waals surface area contributed by atoms with E-state index < -0.39 is 0 Å². The molecule has 0 aromatic heterocycles. The number of nitrogens with two attached hydrogens (primary N) is 1. The van der Waals surface area contributed by atoms with Gasteiger partial charge in [-0.2, -0.15) is 0 Å². The van der Waals surface area contributed by atoms with Crippen molar-refractivity contribution in [1.29, 1.82) is 0 Å². The topological polar surface area (TPSA) is 35.2 Å². The van der Waals surface area contributed by atoms with E-state index in [9.17, 15) is 0 Å². The molecule has 0 heterocycles. The Morgan fingerprint density at radius 2 is 1.76 bits per heavy atom. The summed E-state index contributed by atoms with van der Waals surface area (Å²) in [6.07, 6.45) is 6.48. The Hall–Kier alpha value is -1.80. The van der Waals surface area contributed by atoms with Crippen molar-refractivity contribution in [2.45, 2.75) is 44.2 Å². The Bertz CT molecular complexity index is 660. The van der Waals surface area contributed by atoms with Gasteiger partial charge in [-0.25, -0.2) is 0 Å². The first kappa shape index (κ1) is 12.9. The van der Waals surface area contributed by atoms with E-state index in [0.29, 0.717) is 6.10 Å². The second-order valence-electron chi connectivity index (χ2n) is 6.25. The molecule has 4 rings (SSSR count). The van der Waals surface area contributed by atoms with Gasteiger partial charge in [0.2, 0.25) is 0 Å². The molecule has 0 saturated heterocycles. The van der Waals surface area contributed by atoms with Crippen LogP contribution in [0.15, 0.2) is 42.5 Å². The van der Waals surface area contributed by atoms with Crippen LogP contribution < -0.4 is 10.5 Å². The third-order valence-electron chi connectivity index (χ3n) is 4.53. The van der Waals surface area contributed by atoms with E-state index in [1.165, 1.54) is 48.8 Å². The summed E-state index contributed by atoms with van der Waals surface area (Å²) in [4.78, 5) is 0. The molecular weight excluding hydrogens is 258 g/mol. The van der Waals surface area contributed by atoms with Crippen LogP contribution in [0.2, 0.25) is 0 Å². The lowest BCUT2D eigenvalue weighted by atomic mass is 9.96. The molecule has 2 aromatic carbocycles. The fourth-order valence-electron chi connectivity index (χ4n) is 3.14. The van der Waals surface area contributed by atoms with Gasteiger partial charge >= 0.3 is 0 Å². The molecule has 2 aliphatic carbocycles. The first-order valence-corrected chi connectivity index (χ1v) is 7.93. The summed E-state index contributed by atoms with van der Waals surface area (Å²) < 4.78 is 5.87. The average molecular weight is 279 g/mol. The maximum absolute atomic E-state index is 6.47. The predicted molar refractivity (Wildman–Crippen MR) is 84.6 cm³/mol. The number of aryl methyl sites for hydroxylation is 2. The molecule has 0 spiro atoms. The maximum Gasteiger partial charge on any atom is 0.120 e. The molecule has 1 atom stereocenters. The van der Waals surface area contributed by atoms with Crippen LogP contribution in [0.25, 0.3) is 0 Å². The van der Waals surface area contributed by atoms with E-state index in [1.54, 1.807) is 0 Å². The lowest BCUT2D eigenvalue weighted by Gasteiger charge is -2.15. The van der Waals surface area contributed by atoms with Crippen LogP contribution >= 0.6 is 0 Å². The summed E-state index contributed by atoms with van der Waals surface area (Å²) in [5, 5.41) is 0. The second-order valence-corrected chi connectivity index (χ2v) is 6.25. The summed E-state index contributed by atoms with van der Waals surface area (Å²) in [6.45, 7) is 0. The number of benzene rings is 2. The molecule has 108 valence electrons. The van der Waals surface area contributed by atoms with Crippen molar-refractivity contribution in [2.24, 2.45) is 5.73 Å². The highest BCUT2D eigenvalue weighted by Gasteiger charge is 2.23. The van der Waals surface area contributed by atoms with Crippen molar-refractivity contribution in [1.82, 2.24) is 0 Å². The molecule has 0 radical (unpaired) electrons. The van der Waals surface area contributed by atoms with Crippen molar-refractivity contribution in [3.05, 3.63) is 64.7 Å². The monoisotopic (exact) mass is 279 g/mol. The van der Waals surface area contributed by atoms with Crippen LogP contribution in [-0.4, -0.2) is 6.10 Å². The predicted octanol–water partition coefficient (Wildman–Crippen LogP) is 3.76. The summed E-state index contributed by atoms with van der Waals surface area (Å²) >= 11 is 0. The van der Waals surface area contributed by atoms with Gasteiger partial charge in [0.05, 0.1) is 12.1 Å². The fourth-order valence-corrected chi connectivity index (χ4v) is 3.14. The molecule has 0 amide bonds. The Morgan fingerprint density at radius 1 is 0.952 bits per heavy atom. The number of hydrogen-bond donors (Lipinski definition) is 1. The van der Waals surface area contributed by atoms with E-state index in [2.05, 4.69) is 30.3 Å². The fraction of sp³-hybridized carbons (Fsp3) is 0.368. The minimum Gasteiger partial charge on any atom is -0.490 e. The lowest BCUT2D eigenvalue weighted by Crippen LogP contribution is -2.12. The zero-order valence-electron chi connectivity index (χ0n) is 12.2. The normalized spacial score (nSPS) is 18.3. The second kappa shape index (κ2) is 5.19. The van der Waals surface area contributed by atoms with Crippen molar-refractivity contribution in [3.8, 4) is 5.75 Å². The van der Waals surface area contributed by atoms with Gasteiger partial charge in [0, 0.05) is 0 Å². The minimum absolute atomic E-state index is 0.0707. The molecule has 2 aromatic rings. The third kappa shape index (κ3) is 2.68. The van der Waals surface area contributed by atoms with Gasteiger partial charge in [0.1, 0.15) is 5.75 Å². The van der Waals surface area contributed by atoms with Gasteiger partial charge < -0.3 is 10.5 Å². The van der Waals surface area contributed by atoms with Gasteiger partial charge in [0.25, 0.3) is 0 Å². The highest BCUT2D eigenvalue weighted by Crippen LogP contribution is 2.31. The molecule has 21 heavy (non-hydrogen) atoms. The Kier molecular flexibility index (Phi) is 3.19. The molecule has 1 unspecified atom stereocenters. The Labute approximate surface area is 125 Å². The smallest absolute Gasteiger partial charge is 0.120 e. The zero-order valence-corrected chi connectivity index (χ0v) is 12.2. The quantitative estimate of drug-likeness (QED) is 0.924. The summed E-state index contributed by atoms with van der Waals surface area (Å²) in [5.74, 6) is 0.951. The van der Waals surface area contributed by atoms with E-state index in [4.69, 9.17) is 10.5 Å². The highest BCUT2D eigenvalue weighted by molar-refractivity contribution is 5.41. The van der Waals surface area contributed by atoms with Gasteiger partial charge in [-0.15, -0.1) is 0 Å². The van der Waals surface area contributed by atoms with E-state index >= 15 is 0 Å². The van der Waals surface area contributed by atoms with Crippen LogP contribution in [0.5, 0.6) is 5.75 Å². The van der Waals surface area contributed by atoms with Crippen molar-refractivity contribution < 1.29 is 4.74 Å². The first-order valence-electron chi connectivity index (χ1n) is 7.93. The number of fused-ring (bicyclic) bond motifs is 1. The molecule has 2 nitrogen and oxygen atoms in total. The molecule has 2 aliphatic rings. The largest absolute Gasteiger partial charge is 0.490 e. The standard InChI is InChI=1S/C19H21NO/c20-19(16-8-7-13-3-1-4-14(13)11-16)15-5-2-6-18(12-15)21-17-9-10-17/h2,5-8,11-12,17,19H,1,3-4,9-10,20H2. The number of ether oxygens (including phenoxy) is 1. The highest BCUT2D eigenvalue weighted by atomic mass is 16.5. The molecule has 1 saturated carbocycles. The molecule has 0 bridgehead atoms. The van der Waals surface area contributed by atoms with Crippen LogP contribution in [0.4, 0.5) is 0 Å². The number of hydrogen-bond acceptors (Lipinski definition) is 2. The minimum atomic E-state index is -0.0707. The molecule has 0 aliphatic heterocycles.